The van der Waals surface area contributed by atoms with E-state index in [1.54, 1.807) is 0 Å². The first-order chi connectivity index (χ1) is 30.0. The molecular weight excluding hydrogens is 757 g/mol. The van der Waals surface area contributed by atoms with E-state index in [1.807, 2.05) is 0 Å². The lowest BCUT2D eigenvalue weighted by Crippen LogP contribution is -2.30. The van der Waals surface area contributed by atoms with Crippen LogP contribution in [-0.4, -0.2) is 37.2 Å². The molecule has 0 aliphatic carbocycles. The Morgan fingerprint density at radius 1 is 0.328 bits per heavy atom. The van der Waals surface area contributed by atoms with Crippen molar-refractivity contribution in [1.82, 2.24) is 0 Å². The van der Waals surface area contributed by atoms with E-state index in [9.17, 15) is 14.4 Å². The van der Waals surface area contributed by atoms with Gasteiger partial charge in [-0.3, -0.25) is 14.4 Å². The van der Waals surface area contributed by atoms with Gasteiger partial charge in [0.15, 0.2) is 6.10 Å². The molecule has 0 aromatic rings. The minimum atomic E-state index is -0.778. The highest BCUT2D eigenvalue weighted by Gasteiger charge is 2.19. The van der Waals surface area contributed by atoms with E-state index in [1.165, 1.54) is 154 Å². The minimum absolute atomic E-state index is 0.0770. The Bertz CT molecular complexity index is 1030. The topological polar surface area (TPSA) is 78.9 Å². The molecule has 0 heterocycles. The number of rotatable bonds is 48. The van der Waals surface area contributed by atoms with Gasteiger partial charge in [-0.1, -0.05) is 218 Å². The first-order valence-corrected chi connectivity index (χ1v) is 26.5. The fourth-order valence-electron chi connectivity index (χ4n) is 7.59. The summed E-state index contributed by atoms with van der Waals surface area (Å²) in [5, 5.41) is 0. The number of unbranched alkanes of at least 4 members (excludes halogenated alkanes) is 31. The minimum Gasteiger partial charge on any atom is -0.462 e. The van der Waals surface area contributed by atoms with Gasteiger partial charge < -0.3 is 14.2 Å². The Kier molecular flexibility index (Phi) is 48.3. The van der Waals surface area contributed by atoms with Crippen molar-refractivity contribution < 1.29 is 28.6 Å². The van der Waals surface area contributed by atoms with Crippen LogP contribution in [0.3, 0.4) is 0 Å². The second-order valence-electron chi connectivity index (χ2n) is 17.8. The number of carbonyl (C=O) groups is 3. The SMILES string of the molecule is CCCCC/C=C\C/C=C\CCCCCCCC(=O)OC[C@@H](COC(=O)CCCCCCCCCCCCCCC)OC(=O)CCCCCCC/C=C\CCCCCCCC. The number of hydrogen-bond acceptors (Lipinski definition) is 6. The number of hydrogen-bond donors (Lipinski definition) is 0. The van der Waals surface area contributed by atoms with Crippen LogP contribution in [0.5, 0.6) is 0 Å². The van der Waals surface area contributed by atoms with Gasteiger partial charge in [0.25, 0.3) is 0 Å². The van der Waals surface area contributed by atoms with Gasteiger partial charge in [-0.2, -0.15) is 0 Å². The van der Waals surface area contributed by atoms with Crippen molar-refractivity contribution in [3.8, 4) is 0 Å². The molecule has 0 unspecified atom stereocenters. The summed E-state index contributed by atoms with van der Waals surface area (Å²) in [7, 11) is 0. The summed E-state index contributed by atoms with van der Waals surface area (Å²) in [6.07, 6.45) is 58.3. The van der Waals surface area contributed by atoms with Gasteiger partial charge in [-0.05, 0) is 77.0 Å². The van der Waals surface area contributed by atoms with Gasteiger partial charge in [0.2, 0.25) is 0 Å². The summed E-state index contributed by atoms with van der Waals surface area (Å²) in [6.45, 7) is 6.61. The lowest BCUT2D eigenvalue weighted by atomic mass is 10.0. The van der Waals surface area contributed by atoms with E-state index in [2.05, 4.69) is 57.2 Å². The van der Waals surface area contributed by atoms with Crippen molar-refractivity contribution >= 4 is 17.9 Å². The lowest BCUT2D eigenvalue weighted by molar-refractivity contribution is -0.167. The van der Waals surface area contributed by atoms with Crippen molar-refractivity contribution in [2.24, 2.45) is 0 Å². The molecule has 0 bridgehead atoms. The molecule has 6 heteroatoms. The number of carbonyl (C=O) groups excluding carboxylic acids is 3. The molecule has 1 atom stereocenters. The van der Waals surface area contributed by atoms with E-state index in [4.69, 9.17) is 14.2 Å². The Morgan fingerprint density at radius 3 is 0.951 bits per heavy atom. The predicted octanol–water partition coefficient (Wildman–Crippen LogP) is 17.3. The predicted molar refractivity (Wildman–Crippen MR) is 261 cm³/mol. The van der Waals surface area contributed by atoms with Crippen molar-refractivity contribution in [2.45, 2.75) is 284 Å². The molecule has 0 N–H and O–H groups in total. The molecule has 0 amide bonds. The first-order valence-electron chi connectivity index (χ1n) is 26.5. The van der Waals surface area contributed by atoms with Crippen LogP contribution in [0.15, 0.2) is 36.5 Å². The van der Waals surface area contributed by atoms with Crippen LogP contribution in [0.2, 0.25) is 0 Å². The van der Waals surface area contributed by atoms with Gasteiger partial charge in [-0.25, -0.2) is 0 Å². The summed E-state index contributed by atoms with van der Waals surface area (Å²) < 4.78 is 16.8. The van der Waals surface area contributed by atoms with Gasteiger partial charge >= 0.3 is 17.9 Å². The zero-order chi connectivity index (χ0) is 44.4. The van der Waals surface area contributed by atoms with E-state index in [0.717, 1.165) is 83.5 Å². The molecule has 0 rings (SSSR count). The van der Waals surface area contributed by atoms with Crippen molar-refractivity contribution in [1.29, 1.82) is 0 Å². The smallest absolute Gasteiger partial charge is 0.306 e. The molecule has 0 saturated heterocycles. The van der Waals surface area contributed by atoms with E-state index in [0.29, 0.717) is 19.3 Å². The summed E-state index contributed by atoms with van der Waals surface area (Å²) in [5.41, 5.74) is 0. The zero-order valence-electron chi connectivity index (χ0n) is 40.7. The lowest BCUT2D eigenvalue weighted by Gasteiger charge is -2.18. The molecule has 356 valence electrons. The van der Waals surface area contributed by atoms with Crippen molar-refractivity contribution in [3.05, 3.63) is 36.5 Å². The molecule has 0 aliphatic heterocycles. The van der Waals surface area contributed by atoms with Crippen molar-refractivity contribution in [3.63, 3.8) is 0 Å². The third kappa shape index (κ3) is 48.5. The van der Waals surface area contributed by atoms with Crippen molar-refractivity contribution in [2.75, 3.05) is 13.2 Å². The molecule has 0 fully saturated rings. The summed E-state index contributed by atoms with van der Waals surface area (Å²) in [4.78, 5) is 38.0. The molecular formula is C55H100O6. The standard InChI is InChI=1S/C55H100O6/c1-4-7-10-13-16-19-22-25-27-30-33-36-39-42-45-48-54(57)60-51-52(50-59-53(56)47-44-41-38-35-32-29-24-21-18-15-12-9-6-3)61-55(58)49-46-43-40-37-34-31-28-26-23-20-17-14-11-8-5-2/h16,19,25-28,52H,4-15,17-18,20-24,29-51H2,1-3H3/b19-16-,27-25-,28-26-/t52-/m1/s1. The number of esters is 3. The molecule has 6 nitrogen and oxygen atoms in total. The van der Waals surface area contributed by atoms with E-state index >= 15 is 0 Å². The highest BCUT2D eigenvalue weighted by molar-refractivity contribution is 5.71. The fourth-order valence-corrected chi connectivity index (χ4v) is 7.59. The normalized spacial score (nSPS) is 12.2. The molecule has 0 aromatic heterocycles. The average Bonchev–Trinajstić information content (AvgIpc) is 3.26. The third-order valence-electron chi connectivity index (χ3n) is 11.6. The molecule has 61 heavy (non-hydrogen) atoms. The second-order valence-corrected chi connectivity index (χ2v) is 17.8. The van der Waals surface area contributed by atoms with Gasteiger partial charge in [0, 0.05) is 19.3 Å². The van der Waals surface area contributed by atoms with Crippen LogP contribution in [0.1, 0.15) is 278 Å². The third-order valence-corrected chi connectivity index (χ3v) is 11.6. The second kappa shape index (κ2) is 50.3. The van der Waals surface area contributed by atoms with Crippen LogP contribution in [-0.2, 0) is 28.6 Å². The van der Waals surface area contributed by atoms with E-state index < -0.39 is 6.10 Å². The molecule has 0 radical (unpaired) electrons. The number of ether oxygens (including phenoxy) is 3. The molecule has 0 saturated carbocycles. The quantitative estimate of drug-likeness (QED) is 0.0262. The summed E-state index contributed by atoms with van der Waals surface area (Å²) >= 11 is 0. The van der Waals surface area contributed by atoms with Gasteiger partial charge in [0.1, 0.15) is 13.2 Å². The monoisotopic (exact) mass is 857 g/mol. The highest BCUT2D eigenvalue weighted by atomic mass is 16.6. The Morgan fingerprint density at radius 2 is 0.590 bits per heavy atom. The average molecular weight is 857 g/mol. The van der Waals surface area contributed by atoms with E-state index in [-0.39, 0.29) is 31.1 Å². The Labute approximate surface area is 378 Å². The zero-order valence-corrected chi connectivity index (χ0v) is 40.7. The maximum Gasteiger partial charge on any atom is 0.306 e. The molecule has 0 aromatic carbocycles. The van der Waals surface area contributed by atoms with Crippen LogP contribution < -0.4 is 0 Å². The van der Waals surface area contributed by atoms with Gasteiger partial charge in [-0.15, -0.1) is 0 Å². The van der Waals surface area contributed by atoms with Crippen LogP contribution in [0, 0.1) is 0 Å². The Balaban J connectivity index is 4.39. The molecule has 0 aliphatic rings. The Hall–Kier alpha value is -2.37. The van der Waals surface area contributed by atoms with Crippen LogP contribution in [0.25, 0.3) is 0 Å². The summed E-state index contributed by atoms with van der Waals surface area (Å²) in [5.74, 6) is -0.889. The highest BCUT2D eigenvalue weighted by Crippen LogP contribution is 2.15. The maximum absolute atomic E-state index is 12.8. The fraction of sp³-hybridized carbons (Fsp3) is 0.836. The molecule has 0 spiro atoms. The first kappa shape index (κ1) is 58.6. The largest absolute Gasteiger partial charge is 0.462 e. The number of allylic oxidation sites excluding steroid dienone is 6. The van der Waals surface area contributed by atoms with Crippen LogP contribution in [0.4, 0.5) is 0 Å². The maximum atomic E-state index is 12.8. The van der Waals surface area contributed by atoms with Gasteiger partial charge in [0.05, 0.1) is 0 Å². The summed E-state index contributed by atoms with van der Waals surface area (Å²) in [6, 6.07) is 0. The van der Waals surface area contributed by atoms with Crippen LogP contribution >= 0.6 is 0 Å².